The van der Waals surface area contributed by atoms with Gasteiger partial charge in [-0.05, 0) is 13.3 Å². The van der Waals surface area contributed by atoms with Gasteiger partial charge in [-0.25, -0.2) is 15.0 Å². The van der Waals surface area contributed by atoms with Crippen LogP contribution in [-0.4, -0.2) is 41.1 Å². The van der Waals surface area contributed by atoms with E-state index in [2.05, 4.69) is 36.0 Å². The van der Waals surface area contributed by atoms with Crippen LogP contribution in [0.25, 0.3) is 0 Å². The molecule has 0 aliphatic carbocycles. The first kappa shape index (κ1) is 16.4. The van der Waals surface area contributed by atoms with Crippen molar-refractivity contribution in [3.8, 4) is 0 Å². The summed E-state index contributed by atoms with van der Waals surface area (Å²) in [5.41, 5.74) is 1.23. The number of thiazole rings is 1. The number of rotatable bonds is 6. The van der Waals surface area contributed by atoms with Crippen molar-refractivity contribution in [3.05, 3.63) is 35.1 Å². The largest absolute Gasteiger partial charge is 0.469 e. The molecule has 24 heavy (non-hydrogen) atoms. The lowest BCUT2D eigenvalue weighted by Crippen LogP contribution is -2.21. The fraction of sp³-hybridized carbons (Fsp3) is 0.375. The Labute approximate surface area is 144 Å². The van der Waals surface area contributed by atoms with Crippen molar-refractivity contribution < 1.29 is 9.53 Å². The molecule has 0 radical (unpaired) electrons. The van der Waals surface area contributed by atoms with Gasteiger partial charge in [-0.3, -0.25) is 4.79 Å². The van der Waals surface area contributed by atoms with E-state index in [9.17, 15) is 4.79 Å². The van der Waals surface area contributed by atoms with Crippen molar-refractivity contribution in [3.63, 3.8) is 0 Å². The highest BCUT2D eigenvalue weighted by molar-refractivity contribution is 7.15. The van der Waals surface area contributed by atoms with Crippen LogP contribution in [0.4, 0.5) is 16.8 Å². The summed E-state index contributed by atoms with van der Waals surface area (Å²) < 4.78 is 4.68. The maximum absolute atomic E-state index is 11.2. The highest BCUT2D eigenvalue weighted by atomic mass is 32.1. The average Bonchev–Trinajstić information content (AvgIpc) is 3.22. The number of carbonyl (C=O) groups excluding carboxylic acids is 1. The van der Waals surface area contributed by atoms with Gasteiger partial charge in [-0.1, -0.05) is 11.6 Å². The van der Waals surface area contributed by atoms with Gasteiger partial charge in [0.05, 0.1) is 7.11 Å². The van der Waals surface area contributed by atoms with E-state index in [-0.39, 0.29) is 5.97 Å². The Kier molecular flexibility index (Phi) is 5.05. The van der Waals surface area contributed by atoms with Crippen LogP contribution in [0.5, 0.6) is 0 Å². The fourth-order valence-corrected chi connectivity index (χ4v) is 3.12. The molecule has 126 valence electrons. The first-order valence-corrected chi connectivity index (χ1v) is 8.47. The molecule has 0 unspecified atom stereocenters. The zero-order chi connectivity index (χ0) is 16.9. The van der Waals surface area contributed by atoms with Gasteiger partial charge in [-0.15, -0.1) is 11.3 Å². The van der Waals surface area contributed by atoms with Gasteiger partial charge in [0, 0.05) is 36.7 Å². The molecular formula is C16H19N5O2S. The van der Waals surface area contributed by atoms with E-state index < -0.39 is 0 Å². The van der Waals surface area contributed by atoms with Crippen molar-refractivity contribution in [1.29, 1.82) is 0 Å². The minimum absolute atomic E-state index is 0.179. The van der Waals surface area contributed by atoms with E-state index in [4.69, 9.17) is 0 Å². The molecule has 3 heterocycles. The first-order valence-electron chi connectivity index (χ1n) is 7.65. The number of methoxy groups -OCH3 is 1. The Balaban J connectivity index is 1.60. The summed E-state index contributed by atoms with van der Waals surface area (Å²) in [6.07, 6.45) is 6.65. The molecule has 1 aliphatic heterocycles. The minimum Gasteiger partial charge on any atom is -0.469 e. The zero-order valence-electron chi connectivity index (χ0n) is 13.7. The van der Waals surface area contributed by atoms with Gasteiger partial charge in [0.2, 0.25) is 0 Å². The van der Waals surface area contributed by atoms with Crippen LogP contribution in [0.3, 0.4) is 0 Å². The molecule has 7 nitrogen and oxygen atoms in total. The second-order valence-corrected chi connectivity index (χ2v) is 6.72. The molecule has 1 aliphatic rings. The lowest BCUT2D eigenvalue weighted by molar-refractivity contribution is -0.140. The van der Waals surface area contributed by atoms with E-state index in [1.807, 2.05) is 19.2 Å². The first-order chi connectivity index (χ1) is 11.6. The molecule has 0 amide bonds. The molecule has 8 heteroatoms. The van der Waals surface area contributed by atoms with Gasteiger partial charge in [0.15, 0.2) is 5.13 Å². The fourth-order valence-electron chi connectivity index (χ4n) is 2.44. The number of hydrogen-bond acceptors (Lipinski definition) is 8. The molecule has 2 aromatic heterocycles. The smallest absolute Gasteiger partial charge is 0.305 e. The van der Waals surface area contributed by atoms with Gasteiger partial charge >= 0.3 is 5.97 Å². The summed E-state index contributed by atoms with van der Waals surface area (Å²) in [7, 11) is 1.41. The standard InChI is InChI=1S/C16H19N5O2S/c1-11-8-17-16(24-11)20-13-7-14(19-10-18-13)21-6-5-12(9-21)3-4-15(22)23-2/h5,7-8,10H,3-4,6,9H2,1-2H3,(H,17,18,19,20). The van der Waals surface area contributed by atoms with Crippen LogP contribution in [0.2, 0.25) is 0 Å². The Morgan fingerprint density at radius 2 is 2.29 bits per heavy atom. The van der Waals surface area contributed by atoms with E-state index >= 15 is 0 Å². The summed E-state index contributed by atoms with van der Waals surface area (Å²) in [5, 5.41) is 4.01. The molecule has 0 saturated carbocycles. The van der Waals surface area contributed by atoms with Crippen LogP contribution < -0.4 is 10.2 Å². The topological polar surface area (TPSA) is 80.2 Å². The maximum atomic E-state index is 11.2. The van der Waals surface area contributed by atoms with E-state index in [1.54, 1.807) is 17.7 Å². The molecule has 2 aromatic rings. The van der Waals surface area contributed by atoms with E-state index in [1.165, 1.54) is 12.7 Å². The van der Waals surface area contributed by atoms with E-state index in [0.717, 1.165) is 41.2 Å². The Bertz CT molecular complexity index is 758. The van der Waals surface area contributed by atoms with Crippen LogP contribution in [-0.2, 0) is 9.53 Å². The normalized spacial score (nSPS) is 13.8. The molecular weight excluding hydrogens is 326 g/mol. The van der Waals surface area contributed by atoms with Gasteiger partial charge in [-0.2, -0.15) is 0 Å². The maximum Gasteiger partial charge on any atom is 0.305 e. The van der Waals surface area contributed by atoms with Crippen LogP contribution in [0.1, 0.15) is 17.7 Å². The van der Waals surface area contributed by atoms with E-state index in [0.29, 0.717) is 6.42 Å². The minimum atomic E-state index is -0.179. The molecule has 0 aromatic carbocycles. The number of ether oxygens (including phenoxy) is 1. The Hall–Kier alpha value is -2.48. The zero-order valence-corrected chi connectivity index (χ0v) is 14.5. The molecule has 0 spiro atoms. The van der Waals surface area contributed by atoms with Crippen LogP contribution in [0, 0.1) is 6.92 Å². The number of aryl methyl sites for hydroxylation is 1. The second-order valence-electron chi connectivity index (χ2n) is 5.48. The molecule has 0 atom stereocenters. The monoisotopic (exact) mass is 345 g/mol. The number of hydrogen-bond donors (Lipinski definition) is 1. The van der Waals surface area contributed by atoms with Crippen LogP contribution >= 0.6 is 11.3 Å². The molecule has 0 saturated heterocycles. The molecule has 3 rings (SSSR count). The second kappa shape index (κ2) is 7.39. The van der Waals surface area contributed by atoms with Crippen molar-refractivity contribution >= 4 is 34.1 Å². The molecule has 0 fully saturated rings. The summed E-state index contributed by atoms with van der Waals surface area (Å²) in [6.45, 7) is 3.56. The van der Waals surface area contributed by atoms with Crippen molar-refractivity contribution in [2.24, 2.45) is 0 Å². The third-order valence-corrected chi connectivity index (χ3v) is 4.53. The van der Waals surface area contributed by atoms with Gasteiger partial charge in [0.1, 0.15) is 18.0 Å². The van der Waals surface area contributed by atoms with Crippen molar-refractivity contribution in [2.75, 3.05) is 30.4 Å². The summed E-state index contributed by atoms with van der Waals surface area (Å²) in [4.78, 5) is 27.4. The van der Waals surface area contributed by atoms with Crippen molar-refractivity contribution in [2.45, 2.75) is 19.8 Å². The number of anilines is 3. The predicted molar refractivity (Wildman–Crippen MR) is 93.7 cm³/mol. The SMILES string of the molecule is COC(=O)CCC1=CCN(c2cc(Nc3ncc(C)s3)ncn2)C1. The highest BCUT2D eigenvalue weighted by Gasteiger charge is 2.17. The lowest BCUT2D eigenvalue weighted by Gasteiger charge is -2.17. The van der Waals surface area contributed by atoms with Gasteiger partial charge < -0.3 is 15.0 Å². The number of nitrogens with zero attached hydrogens (tertiary/aromatic N) is 4. The lowest BCUT2D eigenvalue weighted by atomic mass is 10.1. The number of nitrogens with one attached hydrogen (secondary N) is 1. The number of esters is 1. The average molecular weight is 345 g/mol. The van der Waals surface area contributed by atoms with Gasteiger partial charge in [0.25, 0.3) is 0 Å². The van der Waals surface area contributed by atoms with Crippen molar-refractivity contribution in [1.82, 2.24) is 15.0 Å². The Morgan fingerprint density at radius 3 is 3.04 bits per heavy atom. The highest BCUT2D eigenvalue weighted by Crippen LogP contribution is 2.25. The summed E-state index contributed by atoms with van der Waals surface area (Å²) in [5.74, 6) is 1.39. The Morgan fingerprint density at radius 1 is 1.42 bits per heavy atom. The number of carbonyl (C=O) groups is 1. The summed E-state index contributed by atoms with van der Waals surface area (Å²) in [6, 6.07) is 1.91. The molecule has 1 N–H and O–H groups in total. The summed E-state index contributed by atoms with van der Waals surface area (Å²) >= 11 is 1.58. The third-order valence-electron chi connectivity index (χ3n) is 3.71. The third kappa shape index (κ3) is 4.08. The molecule has 0 bridgehead atoms. The predicted octanol–water partition coefficient (Wildman–Crippen LogP) is 2.68. The van der Waals surface area contributed by atoms with Crippen LogP contribution in [0.15, 0.2) is 30.2 Å². The number of aromatic nitrogens is 3. The quantitative estimate of drug-likeness (QED) is 0.637.